The molecule has 3 rings (SSSR count). The predicted molar refractivity (Wildman–Crippen MR) is 119 cm³/mol. The van der Waals surface area contributed by atoms with Crippen LogP contribution in [0.1, 0.15) is 40.2 Å². The fraction of sp³-hybridized carbons (Fsp3) is 0.417. The van der Waals surface area contributed by atoms with E-state index in [1.807, 2.05) is 89.2 Å². The smallest absolute Gasteiger partial charge is 0.410 e. The molecule has 0 bridgehead atoms. The van der Waals surface area contributed by atoms with Crippen LogP contribution in [-0.4, -0.2) is 42.1 Å². The maximum Gasteiger partial charge on any atom is 0.410 e. The van der Waals surface area contributed by atoms with Gasteiger partial charge in [-0.2, -0.15) is 0 Å². The molecule has 0 atom stereocenters. The van der Waals surface area contributed by atoms with E-state index in [0.717, 1.165) is 17.0 Å². The van der Waals surface area contributed by atoms with Gasteiger partial charge in [0.25, 0.3) is 0 Å². The molecule has 0 N–H and O–H groups in total. The molecule has 1 heterocycles. The number of hydrogen-bond donors (Lipinski definition) is 0. The molecule has 30 heavy (non-hydrogen) atoms. The highest BCUT2D eigenvalue weighted by Gasteiger charge is 2.30. The summed E-state index contributed by atoms with van der Waals surface area (Å²) in [7, 11) is 0. The lowest BCUT2D eigenvalue weighted by atomic mass is 10.2. The van der Waals surface area contributed by atoms with Crippen molar-refractivity contribution in [3.63, 3.8) is 0 Å². The van der Waals surface area contributed by atoms with Crippen LogP contribution in [0.3, 0.4) is 0 Å². The van der Waals surface area contributed by atoms with Gasteiger partial charge in [-0.1, -0.05) is 44.2 Å². The van der Waals surface area contributed by atoms with E-state index in [1.165, 1.54) is 4.90 Å². The van der Waals surface area contributed by atoms with E-state index in [4.69, 9.17) is 9.47 Å². The summed E-state index contributed by atoms with van der Waals surface area (Å²) in [5.41, 5.74) is 1.31. The standard InChI is InChI=1S/C22H26N2O4.C2H6/c1-22(2,3)28-21(26)23-13-14-24(20(25)15-23)18-9-11-19(12-10-18)27-16-17-7-5-4-6-8-17;1-2/h4-12H,13-16H2,1-3H3;1-2H3. The number of carbonyl (C=O) groups is 2. The van der Waals surface area contributed by atoms with Crippen LogP contribution in [0.15, 0.2) is 54.6 Å². The maximum absolute atomic E-state index is 12.5. The molecule has 6 nitrogen and oxygen atoms in total. The van der Waals surface area contributed by atoms with Crippen molar-refractivity contribution in [3.05, 3.63) is 60.2 Å². The molecule has 0 unspecified atom stereocenters. The quantitative estimate of drug-likeness (QED) is 0.718. The van der Waals surface area contributed by atoms with E-state index < -0.39 is 11.7 Å². The van der Waals surface area contributed by atoms with Crippen molar-refractivity contribution in [2.24, 2.45) is 0 Å². The van der Waals surface area contributed by atoms with Crippen molar-refractivity contribution in [1.29, 1.82) is 0 Å². The average molecular weight is 413 g/mol. The Morgan fingerprint density at radius 3 is 2.17 bits per heavy atom. The van der Waals surface area contributed by atoms with Gasteiger partial charge in [-0.25, -0.2) is 4.79 Å². The Balaban J connectivity index is 0.00000155. The fourth-order valence-corrected chi connectivity index (χ4v) is 2.89. The molecular weight excluding hydrogens is 380 g/mol. The van der Waals surface area contributed by atoms with Gasteiger partial charge in [0.2, 0.25) is 5.91 Å². The molecule has 2 amide bonds. The zero-order valence-corrected chi connectivity index (χ0v) is 18.6. The molecule has 2 aromatic rings. The Morgan fingerprint density at radius 1 is 0.967 bits per heavy atom. The normalized spacial score (nSPS) is 14.0. The lowest BCUT2D eigenvalue weighted by molar-refractivity contribution is -0.121. The molecular formula is C24H32N2O4. The number of nitrogens with zero attached hydrogens (tertiary/aromatic N) is 2. The third-order valence-electron chi connectivity index (χ3n) is 4.27. The minimum Gasteiger partial charge on any atom is -0.489 e. The zero-order valence-electron chi connectivity index (χ0n) is 18.6. The number of piperazine rings is 1. The van der Waals surface area contributed by atoms with Gasteiger partial charge in [0.05, 0.1) is 0 Å². The van der Waals surface area contributed by atoms with Crippen molar-refractivity contribution >= 4 is 17.7 Å². The second kappa shape index (κ2) is 10.7. The summed E-state index contributed by atoms with van der Waals surface area (Å²) >= 11 is 0. The number of rotatable bonds is 4. The second-order valence-electron chi connectivity index (χ2n) is 7.72. The lowest BCUT2D eigenvalue weighted by Crippen LogP contribution is -2.53. The van der Waals surface area contributed by atoms with Gasteiger partial charge in [0, 0.05) is 18.8 Å². The van der Waals surface area contributed by atoms with Crippen LogP contribution in [0, 0.1) is 0 Å². The highest BCUT2D eigenvalue weighted by molar-refractivity contribution is 5.97. The van der Waals surface area contributed by atoms with Gasteiger partial charge in [-0.05, 0) is 50.6 Å². The van der Waals surface area contributed by atoms with Crippen LogP contribution < -0.4 is 9.64 Å². The van der Waals surface area contributed by atoms with E-state index in [-0.39, 0.29) is 12.5 Å². The minimum atomic E-state index is -0.577. The van der Waals surface area contributed by atoms with Crippen LogP contribution in [0.2, 0.25) is 0 Å². The van der Waals surface area contributed by atoms with Crippen molar-refractivity contribution in [1.82, 2.24) is 4.90 Å². The first-order valence-corrected chi connectivity index (χ1v) is 10.4. The topological polar surface area (TPSA) is 59.1 Å². The van der Waals surface area contributed by atoms with Gasteiger partial charge in [0.1, 0.15) is 24.5 Å². The number of benzene rings is 2. The Morgan fingerprint density at radius 2 is 1.60 bits per heavy atom. The summed E-state index contributed by atoms with van der Waals surface area (Å²) in [6, 6.07) is 17.4. The van der Waals surface area contributed by atoms with E-state index in [0.29, 0.717) is 19.7 Å². The Labute approximate surface area is 179 Å². The monoisotopic (exact) mass is 412 g/mol. The predicted octanol–water partition coefficient (Wildman–Crippen LogP) is 4.88. The molecule has 1 saturated heterocycles. The van der Waals surface area contributed by atoms with Crippen LogP contribution >= 0.6 is 0 Å². The lowest BCUT2D eigenvalue weighted by Gasteiger charge is -2.35. The second-order valence-corrected chi connectivity index (χ2v) is 7.72. The number of carbonyl (C=O) groups excluding carboxylic acids is 2. The van der Waals surface area contributed by atoms with Crippen LogP contribution in [0.5, 0.6) is 5.75 Å². The van der Waals surface area contributed by atoms with Gasteiger partial charge < -0.3 is 14.4 Å². The molecule has 0 saturated carbocycles. The summed E-state index contributed by atoms with van der Waals surface area (Å²) in [5, 5.41) is 0. The van der Waals surface area contributed by atoms with E-state index in [1.54, 1.807) is 4.90 Å². The summed E-state index contributed by atoms with van der Waals surface area (Å²) in [6.45, 7) is 10.8. The van der Waals surface area contributed by atoms with Gasteiger partial charge >= 0.3 is 6.09 Å². The first kappa shape index (κ1) is 23.3. The molecule has 6 heteroatoms. The number of anilines is 1. The van der Waals surface area contributed by atoms with Gasteiger partial charge in [0.15, 0.2) is 0 Å². The highest BCUT2D eigenvalue weighted by atomic mass is 16.6. The summed E-state index contributed by atoms with van der Waals surface area (Å²) < 4.78 is 11.1. The first-order valence-electron chi connectivity index (χ1n) is 10.4. The molecule has 0 spiro atoms. The maximum atomic E-state index is 12.5. The first-order chi connectivity index (χ1) is 14.3. The molecule has 0 aromatic heterocycles. The van der Waals surface area contributed by atoms with E-state index in [2.05, 4.69) is 0 Å². The highest BCUT2D eigenvalue weighted by Crippen LogP contribution is 2.22. The molecule has 162 valence electrons. The molecule has 0 radical (unpaired) electrons. The average Bonchev–Trinajstić information content (AvgIpc) is 2.74. The summed E-state index contributed by atoms with van der Waals surface area (Å²) in [6.07, 6.45) is -0.454. The van der Waals surface area contributed by atoms with Gasteiger partial charge in [-0.3, -0.25) is 9.69 Å². The van der Waals surface area contributed by atoms with E-state index in [9.17, 15) is 9.59 Å². The van der Waals surface area contributed by atoms with Crippen LogP contribution in [0.4, 0.5) is 10.5 Å². The van der Waals surface area contributed by atoms with Crippen molar-refractivity contribution in [2.75, 3.05) is 24.5 Å². The SMILES string of the molecule is CC.CC(C)(C)OC(=O)N1CCN(c2ccc(OCc3ccccc3)cc2)C(=O)C1. The summed E-state index contributed by atoms with van der Waals surface area (Å²) in [5.74, 6) is 0.613. The van der Waals surface area contributed by atoms with Crippen LogP contribution in [0.25, 0.3) is 0 Å². The molecule has 1 fully saturated rings. The van der Waals surface area contributed by atoms with Gasteiger partial charge in [-0.15, -0.1) is 0 Å². The zero-order chi connectivity index (χ0) is 22.1. The van der Waals surface area contributed by atoms with Crippen molar-refractivity contribution in [2.45, 2.75) is 46.8 Å². The number of ether oxygens (including phenoxy) is 2. The Kier molecular flexibility index (Phi) is 8.27. The van der Waals surface area contributed by atoms with Crippen LogP contribution in [-0.2, 0) is 16.1 Å². The number of hydrogen-bond acceptors (Lipinski definition) is 4. The summed E-state index contributed by atoms with van der Waals surface area (Å²) in [4.78, 5) is 27.8. The fourth-order valence-electron chi connectivity index (χ4n) is 2.89. The Bertz CT molecular complexity index is 813. The molecule has 0 aliphatic carbocycles. The molecule has 1 aliphatic heterocycles. The minimum absolute atomic E-state index is 0.0151. The Hall–Kier alpha value is -3.02. The van der Waals surface area contributed by atoms with Crippen molar-refractivity contribution in [3.8, 4) is 5.75 Å². The van der Waals surface area contributed by atoms with E-state index >= 15 is 0 Å². The van der Waals surface area contributed by atoms with Crippen molar-refractivity contribution < 1.29 is 19.1 Å². The largest absolute Gasteiger partial charge is 0.489 e. The third kappa shape index (κ3) is 6.79. The third-order valence-corrected chi connectivity index (χ3v) is 4.27. The number of amides is 2. The molecule has 1 aliphatic rings. The molecule has 2 aromatic carbocycles.